The summed E-state index contributed by atoms with van der Waals surface area (Å²) in [5.41, 5.74) is 5.54. The normalized spacial score (nSPS) is 17.1. The lowest BCUT2D eigenvalue weighted by Gasteiger charge is -2.24. The Bertz CT molecular complexity index is 323. The number of nitrogens with zero attached hydrogens (tertiary/aromatic N) is 2. The first-order valence-electron chi connectivity index (χ1n) is 7.30. The zero-order valence-electron chi connectivity index (χ0n) is 12.9. The van der Waals surface area contributed by atoms with Crippen LogP contribution >= 0.6 is 24.0 Å². The van der Waals surface area contributed by atoms with Gasteiger partial charge in [0.05, 0.1) is 12.0 Å². The van der Waals surface area contributed by atoms with Gasteiger partial charge in [0, 0.05) is 19.6 Å². The van der Waals surface area contributed by atoms with Crippen LogP contribution in [0.1, 0.15) is 46.5 Å². The Morgan fingerprint density at radius 3 is 2.30 bits per heavy atom. The first-order valence-corrected chi connectivity index (χ1v) is 7.30. The average molecular weight is 396 g/mol. The Morgan fingerprint density at radius 2 is 1.80 bits per heavy atom. The molecule has 3 N–H and O–H groups in total. The predicted octanol–water partition coefficient (Wildman–Crippen LogP) is 1.96. The molecule has 0 unspecified atom stereocenters. The van der Waals surface area contributed by atoms with Gasteiger partial charge in [0.25, 0.3) is 0 Å². The molecule has 20 heavy (non-hydrogen) atoms. The number of amides is 1. The lowest BCUT2D eigenvalue weighted by molar-refractivity contribution is -0.128. The summed E-state index contributed by atoms with van der Waals surface area (Å²) in [6.45, 7) is 8.76. The molecule has 1 aliphatic rings. The average Bonchev–Trinajstić information content (AvgIpc) is 2.65. The number of aliphatic imine (C=N–C) groups is 1. The number of guanidine groups is 1. The standard InChI is InChI=1S/C14H28N4O.HI/c1-4-16-12(19)14(2,3)11-17-13(15)18-9-7-5-6-8-10-18;/h4-11H2,1-3H3,(H2,15,17)(H,16,19);1H. The van der Waals surface area contributed by atoms with Crippen molar-refractivity contribution in [3.63, 3.8) is 0 Å². The van der Waals surface area contributed by atoms with Crippen LogP contribution in [0.15, 0.2) is 4.99 Å². The second-order valence-corrected chi connectivity index (χ2v) is 5.82. The van der Waals surface area contributed by atoms with Gasteiger partial charge in [-0.1, -0.05) is 12.8 Å². The topological polar surface area (TPSA) is 70.7 Å². The van der Waals surface area contributed by atoms with E-state index in [1.54, 1.807) is 0 Å². The molecule has 0 bridgehead atoms. The lowest BCUT2D eigenvalue weighted by Crippen LogP contribution is -2.42. The van der Waals surface area contributed by atoms with Gasteiger partial charge in [-0.3, -0.25) is 9.79 Å². The summed E-state index contributed by atoms with van der Waals surface area (Å²) in [5.74, 6) is 0.613. The van der Waals surface area contributed by atoms with Gasteiger partial charge in [-0.05, 0) is 33.6 Å². The van der Waals surface area contributed by atoms with Gasteiger partial charge in [-0.2, -0.15) is 0 Å². The van der Waals surface area contributed by atoms with Gasteiger partial charge in [-0.15, -0.1) is 24.0 Å². The third-order valence-electron chi connectivity index (χ3n) is 3.52. The maximum Gasteiger partial charge on any atom is 0.227 e. The number of hydrogen-bond donors (Lipinski definition) is 2. The molecule has 0 radical (unpaired) electrons. The van der Waals surface area contributed by atoms with Gasteiger partial charge >= 0.3 is 0 Å². The molecule has 0 aliphatic carbocycles. The second-order valence-electron chi connectivity index (χ2n) is 5.82. The fraction of sp³-hybridized carbons (Fsp3) is 0.857. The highest BCUT2D eigenvalue weighted by molar-refractivity contribution is 14.0. The summed E-state index contributed by atoms with van der Waals surface area (Å²) in [5, 5.41) is 2.84. The van der Waals surface area contributed by atoms with E-state index in [0.717, 1.165) is 13.1 Å². The smallest absolute Gasteiger partial charge is 0.227 e. The van der Waals surface area contributed by atoms with Crippen molar-refractivity contribution in [2.24, 2.45) is 16.1 Å². The zero-order chi connectivity index (χ0) is 14.3. The molecule has 0 atom stereocenters. The molecule has 1 amide bonds. The summed E-state index contributed by atoms with van der Waals surface area (Å²) >= 11 is 0. The van der Waals surface area contributed by atoms with Crippen LogP contribution in [0.4, 0.5) is 0 Å². The highest BCUT2D eigenvalue weighted by atomic mass is 127. The van der Waals surface area contributed by atoms with Crippen LogP contribution in [0.5, 0.6) is 0 Å². The number of likely N-dealkylation sites (tertiary alicyclic amines) is 1. The minimum absolute atomic E-state index is 0. The molecule has 1 saturated heterocycles. The van der Waals surface area contributed by atoms with Crippen molar-refractivity contribution in [2.75, 3.05) is 26.2 Å². The van der Waals surface area contributed by atoms with Crippen molar-refractivity contribution in [1.29, 1.82) is 0 Å². The maximum atomic E-state index is 11.9. The summed E-state index contributed by atoms with van der Waals surface area (Å²) in [6, 6.07) is 0. The molecule has 0 aromatic carbocycles. The molecule has 6 heteroatoms. The highest BCUT2D eigenvalue weighted by Crippen LogP contribution is 2.16. The van der Waals surface area contributed by atoms with E-state index >= 15 is 0 Å². The molecule has 118 valence electrons. The van der Waals surface area contributed by atoms with E-state index in [9.17, 15) is 4.79 Å². The third-order valence-corrected chi connectivity index (χ3v) is 3.52. The summed E-state index contributed by atoms with van der Waals surface area (Å²) in [6.07, 6.45) is 4.90. The first kappa shape index (κ1) is 19.5. The van der Waals surface area contributed by atoms with E-state index in [1.165, 1.54) is 25.7 Å². The molecular formula is C14H29IN4O. The number of carbonyl (C=O) groups excluding carboxylic acids is 1. The van der Waals surface area contributed by atoms with Crippen molar-refractivity contribution >= 4 is 35.8 Å². The highest BCUT2D eigenvalue weighted by Gasteiger charge is 2.27. The Balaban J connectivity index is 0.00000361. The quantitative estimate of drug-likeness (QED) is 0.434. The summed E-state index contributed by atoms with van der Waals surface area (Å²) in [4.78, 5) is 18.4. The second kappa shape index (κ2) is 9.41. The number of hydrogen-bond acceptors (Lipinski definition) is 2. The third kappa shape index (κ3) is 6.28. The molecule has 0 spiro atoms. The maximum absolute atomic E-state index is 11.9. The van der Waals surface area contributed by atoms with Crippen LogP contribution in [-0.4, -0.2) is 42.9 Å². The molecule has 5 nitrogen and oxygen atoms in total. The van der Waals surface area contributed by atoms with E-state index in [0.29, 0.717) is 19.0 Å². The van der Waals surface area contributed by atoms with Crippen molar-refractivity contribution in [2.45, 2.75) is 46.5 Å². The lowest BCUT2D eigenvalue weighted by atomic mass is 9.92. The number of nitrogens with one attached hydrogen (secondary N) is 1. The Labute approximate surface area is 139 Å². The Hall–Kier alpha value is -0.530. The van der Waals surface area contributed by atoms with Crippen molar-refractivity contribution in [3.8, 4) is 0 Å². The molecule has 1 aliphatic heterocycles. The fourth-order valence-corrected chi connectivity index (χ4v) is 2.15. The molecular weight excluding hydrogens is 367 g/mol. The molecule has 0 aromatic rings. The molecule has 1 fully saturated rings. The number of rotatable bonds is 4. The monoisotopic (exact) mass is 396 g/mol. The number of halogens is 1. The Kier molecular flexibility index (Phi) is 9.16. The van der Waals surface area contributed by atoms with E-state index in [-0.39, 0.29) is 29.9 Å². The van der Waals surface area contributed by atoms with E-state index in [1.807, 2.05) is 20.8 Å². The number of carbonyl (C=O) groups is 1. The van der Waals surface area contributed by atoms with Gasteiger partial charge in [-0.25, -0.2) is 0 Å². The van der Waals surface area contributed by atoms with Gasteiger partial charge in [0.15, 0.2) is 5.96 Å². The van der Waals surface area contributed by atoms with Crippen LogP contribution in [0.2, 0.25) is 0 Å². The van der Waals surface area contributed by atoms with Gasteiger partial charge < -0.3 is 16.0 Å². The van der Waals surface area contributed by atoms with E-state index in [4.69, 9.17) is 5.73 Å². The molecule has 0 saturated carbocycles. The SMILES string of the molecule is CCNC(=O)C(C)(C)CN=C(N)N1CCCCCC1.I. The number of nitrogens with two attached hydrogens (primary N) is 1. The van der Waals surface area contributed by atoms with E-state index in [2.05, 4.69) is 15.2 Å². The van der Waals surface area contributed by atoms with Crippen LogP contribution in [0.3, 0.4) is 0 Å². The van der Waals surface area contributed by atoms with Crippen molar-refractivity contribution < 1.29 is 4.79 Å². The minimum atomic E-state index is -0.507. The van der Waals surface area contributed by atoms with E-state index < -0.39 is 5.41 Å². The predicted molar refractivity (Wildman–Crippen MR) is 94.4 cm³/mol. The molecule has 1 rings (SSSR count). The van der Waals surface area contributed by atoms with Crippen molar-refractivity contribution in [3.05, 3.63) is 0 Å². The minimum Gasteiger partial charge on any atom is -0.370 e. The fourth-order valence-electron chi connectivity index (χ4n) is 2.15. The largest absolute Gasteiger partial charge is 0.370 e. The van der Waals surface area contributed by atoms with Crippen LogP contribution in [-0.2, 0) is 4.79 Å². The van der Waals surface area contributed by atoms with Crippen LogP contribution in [0.25, 0.3) is 0 Å². The summed E-state index contributed by atoms with van der Waals surface area (Å²) in [7, 11) is 0. The zero-order valence-corrected chi connectivity index (χ0v) is 15.3. The van der Waals surface area contributed by atoms with Crippen LogP contribution in [0, 0.1) is 5.41 Å². The van der Waals surface area contributed by atoms with Crippen molar-refractivity contribution in [1.82, 2.24) is 10.2 Å². The first-order chi connectivity index (χ1) is 8.97. The molecule has 0 aromatic heterocycles. The van der Waals surface area contributed by atoms with Gasteiger partial charge in [0.2, 0.25) is 5.91 Å². The summed E-state index contributed by atoms with van der Waals surface area (Å²) < 4.78 is 0. The van der Waals surface area contributed by atoms with Crippen LogP contribution < -0.4 is 11.1 Å². The Morgan fingerprint density at radius 1 is 1.25 bits per heavy atom. The molecule has 1 heterocycles. The van der Waals surface area contributed by atoms with Gasteiger partial charge in [0.1, 0.15) is 0 Å².